The molecule has 0 aliphatic rings. The minimum atomic E-state index is -0.169. The number of benzene rings is 3. The number of hydrogen-bond donors (Lipinski definition) is 1. The molecule has 0 radical (unpaired) electrons. The van der Waals surface area contributed by atoms with Gasteiger partial charge in [0, 0.05) is 11.1 Å². The van der Waals surface area contributed by atoms with Crippen LogP contribution in [0.1, 0.15) is 15.9 Å². The van der Waals surface area contributed by atoms with Gasteiger partial charge in [0.2, 0.25) is 0 Å². The van der Waals surface area contributed by atoms with Crippen molar-refractivity contribution in [2.24, 2.45) is 0 Å². The van der Waals surface area contributed by atoms with Crippen molar-refractivity contribution in [2.75, 3.05) is 14.2 Å². The number of hydrogen-bond acceptors (Lipinski definition) is 6. The monoisotopic (exact) mass is 427 g/mol. The SMILES string of the molecule is COc1ccc(-c2cn(-c3cccc(C(=O)/C=C/c4ccc(OC)c(O)c4)c3)nn2)cc1. The molecule has 0 spiro atoms. The third kappa shape index (κ3) is 4.52. The van der Waals surface area contributed by atoms with E-state index in [0.717, 1.165) is 17.0 Å². The van der Waals surface area contributed by atoms with Crippen molar-refractivity contribution < 1.29 is 19.4 Å². The van der Waals surface area contributed by atoms with Gasteiger partial charge in [0.15, 0.2) is 17.3 Å². The van der Waals surface area contributed by atoms with Gasteiger partial charge in [0.25, 0.3) is 0 Å². The van der Waals surface area contributed by atoms with Crippen LogP contribution in [0.2, 0.25) is 0 Å². The lowest BCUT2D eigenvalue weighted by Gasteiger charge is -2.04. The van der Waals surface area contributed by atoms with Crippen LogP contribution < -0.4 is 9.47 Å². The Kier molecular flexibility index (Phi) is 5.98. The first kappa shape index (κ1) is 20.9. The fourth-order valence-electron chi connectivity index (χ4n) is 3.16. The summed E-state index contributed by atoms with van der Waals surface area (Å²) in [6.07, 6.45) is 4.91. The largest absolute Gasteiger partial charge is 0.504 e. The molecule has 4 rings (SSSR count). The van der Waals surface area contributed by atoms with E-state index in [1.165, 1.54) is 19.3 Å². The molecule has 1 heterocycles. The quantitative estimate of drug-likeness (QED) is 0.344. The van der Waals surface area contributed by atoms with Gasteiger partial charge in [0.1, 0.15) is 11.4 Å². The Morgan fingerprint density at radius 3 is 2.53 bits per heavy atom. The van der Waals surface area contributed by atoms with Crippen molar-refractivity contribution in [1.82, 2.24) is 15.0 Å². The number of aromatic hydroxyl groups is 1. The molecule has 32 heavy (non-hydrogen) atoms. The van der Waals surface area contributed by atoms with E-state index < -0.39 is 0 Å². The first-order chi connectivity index (χ1) is 15.6. The smallest absolute Gasteiger partial charge is 0.185 e. The lowest BCUT2D eigenvalue weighted by Crippen LogP contribution is -1.99. The third-order valence-electron chi connectivity index (χ3n) is 4.90. The molecule has 0 bridgehead atoms. The predicted molar refractivity (Wildman–Crippen MR) is 121 cm³/mol. The van der Waals surface area contributed by atoms with Crippen LogP contribution >= 0.6 is 0 Å². The van der Waals surface area contributed by atoms with Gasteiger partial charge in [0.05, 0.1) is 26.1 Å². The highest BCUT2D eigenvalue weighted by Gasteiger charge is 2.09. The van der Waals surface area contributed by atoms with Crippen molar-refractivity contribution >= 4 is 11.9 Å². The predicted octanol–water partition coefficient (Wildman–Crippen LogP) is 4.55. The van der Waals surface area contributed by atoms with Gasteiger partial charge in [-0.05, 0) is 60.2 Å². The number of methoxy groups -OCH3 is 2. The summed E-state index contributed by atoms with van der Waals surface area (Å²) < 4.78 is 11.8. The Morgan fingerprint density at radius 1 is 1.00 bits per heavy atom. The van der Waals surface area contributed by atoms with Crippen LogP contribution in [0.15, 0.2) is 79.0 Å². The number of carbonyl (C=O) groups excluding carboxylic acids is 1. The van der Waals surface area contributed by atoms with E-state index in [1.54, 1.807) is 54.4 Å². The zero-order valence-electron chi connectivity index (χ0n) is 17.6. The van der Waals surface area contributed by atoms with E-state index >= 15 is 0 Å². The minimum Gasteiger partial charge on any atom is -0.504 e. The standard InChI is InChI=1S/C25H21N3O4/c1-31-21-10-8-18(9-11-21)22-16-28(27-26-22)20-5-3-4-19(15-20)23(29)12-6-17-7-13-25(32-2)24(30)14-17/h3-16,30H,1-2H3/b12-6+. The minimum absolute atomic E-state index is 0.0166. The van der Waals surface area contributed by atoms with Crippen LogP contribution in [0.25, 0.3) is 23.0 Å². The van der Waals surface area contributed by atoms with Crippen molar-refractivity contribution in [1.29, 1.82) is 0 Å². The molecular formula is C25H21N3O4. The van der Waals surface area contributed by atoms with E-state index in [0.29, 0.717) is 22.6 Å². The number of carbonyl (C=O) groups is 1. The van der Waals surface area contributed by atoms with E-state index in [9.17, 15) is 9.90 Å². The summed E-state index contributed by atoms with van der Waals surface area (Å²) in [7, 11) is 3.10. The van der Waals surface area contributed by atoms with Gasteiger partial charge in [-0.3, -0.25) is 4.79 Å². The summed E-state index contributed by atoms with van der Waals surface area (Å²) in [5.41, 5.74) is 3.54. The molecule has 160 valence electrons. The molecular weight excluding hydrogens is 406 g/mol. The topological polar surface area (TPSA) is 86.5 Å². The summed E-state index contributed by atoms with van der Waals surface area (Å²) in [4.78, 5) is 12.7. The second-order valence-electron chi connectivity index (χ2n) is 6.96. The molecule has 1 N–H and O–H groups in total. The van der Waals surface area contributed by atoms with Gasteiger partial charge in [-0.25, -0.2) is 4.68 Å². The van der Waals surface area contributed by atoms with Crippen molar-refractivity contribution in [3.8, 4) is 34.2 Å². The Labute approximate surface area is 185 Å². The number of nitrogens with zero attached hydrogens (tertiary/aromatic N) is 3. The Bertz CT molecular complexity index is 1280. The molecule has 0 unspecified atom stereocenters. The number of ether oxygens (including phenoxy) is 2. The molecule has 1 aromatic heterocycles. The normalized spacial score (nSPS) is 10.9. The van der Waals surface area contributed by atoms with Crippen LogP contribution in [0.3, 0.4) is 0 Å². The van der Waals surface area contributed by atoms with Gasteiger partial charge in [-0.1, -0.05) is 29.5 Å². The van der Waals surface area contributed by atoms with Crippen LogP contribution in [-0.2, 0) is 0 Å². The number of rotatable bonds is 7. The average molecular weight is 427 g/mol. The van der Waals surface area contributed by atoms with Crippen molar-refractivity contribution in [3.05, 3.63) is 90.1 Å². The fraction of sp³-hybridized carbons (Fsp3) is 0.0800. The molecule has 0 saturated heterocycles. The maximum atomic E-state index is 12.7. The third-order valence-corrected chi connectivity index (χ3v) is 4.90. The molecule has 3 aromatic carbocycles. The number of ketones is 1. The summed E-state index contributed by atoms with van der Waals surface area (Å²) in [5, 5.41) is 18.3. The summed E-state index contributed by atoms with van der Waals surface area (Å²) in [5.74, 6) is 0.994. The molecule has 0 amide bonds. The molecule has 4 aromatic rings. The second-order valence-corrected chi connectivity index (χ2v) is 6.96. The highest BCUT2D eigenvalue weighted by atomic mass is 16.5. The lowest BCUT2D eigenvalue weighted by atomic mass is 10.1. The number of phenols is 1. The molecule has 7 nitrogen and oxygen atoms in total. The molecule has 0 fully saturated rings. The highest BCUT2D eigenvalue weighted by Crippen LogP contribution is 2.27. The fourth-order valence-corrected chi connectivity index (χ4v) is 3.16. The van der Waals surface area contributed by atoms with E-state index in [2.05, 4.69) is 10.3 Å². The van der Waals surface area contributed by atoms with Crippen LogP contribution in [0.4, 0.5) is 0 Å². The van der Waals surface area contributed by atoms with Crippen LogP contribution in [0, 0.1) is 0 Å². The zero-order valence-corrected chi connectivity index (χ0v) is 17.6. The molecule has 0 aliphatic carbocycles. The van der Waals surface area contributed by atoms with E-state index in [4.69, 9.17) is 9.47 Å². The Morgan fingerprint density at radius 2 is 1.81 bits per heavy atom. The zero-order chi connectivity index (χ0) is 22.5. The maximum Gasteiger partial charge on any atom is 0.185 e. The van der Waals surface area contributed by atoms with Crippen molar-refractivity contribution in [2.45, 2.75) is 0 Å². The average Bonchev–Trinajstić information content (AvgIpc) is 3.33. The van der Waals surface area contributed by atoms with Crippen molar-refractivity contribution in [3.63, 3.8) is 0 Å². The first-order valence-corrected chi connectivity index (χ1v) is 9.84. The van der Waals surface area contributed by atoms with E-state index in [-0.39, 0.29) is 11.5 Å². The van der Waals surface area contributed by atoms with E-state index in [1.807, 2.05) is 30.3 Å². The summed E-state index contributed by atoms with van der Waals surface area (Å²) in [6, 6.07) is 19.6. The first-order valence-electron chi connectivity index (χ1n) is 9.84. The number of aromatic nitrogens is 3. The summed E-state index contributed by atoms with van der Waals surface area (Å²) >= 11 is 0. The number of allylic oxidation sites excluding steroid dienone is 1. The van der Waals surface area contributed by atoms with Gasteiger partial charge >= 0.3 is 0 Å². The Hall–Kier alpha value is -4.39. The summed E-state index contributed by atoms with van der Waals surface area (Å²) in [6.45, 7) is 0. The van der Waals surface area contributed by atoms with Gasteiger partial charge in [-0.15, -0.1) is 5.10 Å². The molecule has 0 aliphatic heterocycles. The second kappa shape index (κ2) is 9.18. The molecule has 7 heteroatoms. The highest BCUT2D eigenvalue weighted by molar-refractivity contribution is 6.07. The lowest BCUT2D eigenvalue weighted by molar-refractivity contribution is 0.104. The Balaban J connectivity index is 1.52. The molecule has 0 saturated carbocycles. The van der Waals surface area contributed by atoms with Gasteiger partial charge < -0.3 is 14.6 Å². The maximum absolute atomic E-state index is 12.7. The van der Waals surface area contributed by atoms with Crippen LogP contribution in [-0.4, -0.2) is 40.1 Å². The molecule has 0 atom stereocenters. The number of phenolic OH excluding ortho intramolecular Hbond substituents is 1. The van der Waals surface area contributed by atoms with Crippen LogP contribution in [0.5, 0.6) is 17.2 Å². The van der Waals surface area contributed by atoms with Gasteiger partial charge in [-0.2, -0.15) is 0 Å².